The van der Waals surface area contributed by atoms with Crippen molar-refractivity contribution in [1.29, 1.82) is 0 Å². The lowest BCUT2D eigenvalue weighted by Gasteiger charge is -2.38. The molecule has 34 heavy (non-hydrogen) atoms. The van der Waals surface area contributed by atoms with Crippen LogP contribution in [-0.4, -0.2) is 74.4 Å². The maximum atomic E-state index is 12.7. The molecule has 2 aromatic carbocycles. The second kappa shape index (κ2) is 8.83. The second-order valence-electron chi connectivity index (χ2n) is 7.50. The molecule has 0 aliphatic carbocycles. The van der Waals surface area contributed by atoms with Crippen LogP contribution >= 0.6 is 0 Å². The molecule has 0 saturated carbocycles. The molecule has 4 rings (SSSR count). The number of carboxylic acid groups (broad SMARTS) is 1. The lowest BCUT2D eigenvalue weighted by Crippen LogP contribution is -2.61. The number of aliphatic carboxylic acids is 1. The van der Waals surface area contributed by atoms with E-state index in [4.69, 9.17) is 18.6 Å². The zero-order valence-corrected chi connectivity index (χ0v) is 17.5. The summed E-state index contributed by atoms with van der Waals surface area (Å²) in [6, 6.07) is 8.08. The summed E-state index contributed by atoms with van der Waals surface area (Å²) < 4.78 is 21.4. The number of hydrogen-bond donors (Lipinski definition) is 6. The third kappa shape index (κ3) is 3.99. The summed E-state index contributed by atoms with van der Waals surface area (Å²) in [6.07, 6.45) is -9.42. The first-order chi connectivity index (χ1) is 16.1. The van der Waals surface area contributed by atoms with Crippen LogP contribution in [0.2, 0.25) is 0 Å². The van der Waals surface area contributed by atoms with E-state index in [0.29, 0.717) is 5.56 Å². The van der Waals surface area contributed by atoms with Crippen molar-refractivity contribution in [3.05, 3.63) is 46.6 Å². The maximum Gasteiger partial charge on any atom is 0.335 e. The SMILES string of the molecule is COc1c(OC2OC(C(=O)O)C(O)C(O)C2O)cc2oc(-c3ccc(O)cc3)cc(=O)c2c1O. The Morgan fingerprint density at radius 1 is 1.00 bits per heavy atom. The van der Waals surface area contributed by atoms with Gasteiger partial charge in [-0.05, 0) is 24.3 Å². The highest BCUT2D eigenvalue weighted by Gasteiger charge is 2.48. The van der Waals surface area contributed by atoms with Gasteiger partial charge in [0.15, 0.2) is 23.0 Å². The van der Waals surface area contributed by atoms with Crippen molar-refractivity contribution in [2.24, 2.45) is 0 Å². The third-order valence-corrected chi connectivity index (χ3v) is 5.32. The number of aliphatic hydroxyl groups excluding tert-OH is 3. The number of phenolic OH excluding ortho intramolecular Hbond substituents is 2. The molecule has 1 saturated heterocycles. The number of aromatic hydroxyl groups is 2. The quantitative estimate of drug-likeness (QED) is 0.292. The third-order valence-electron chi connectivity index (χ3n) is 5.32. The Labute approximate surface area is 190 Å². The molecule has 12 nitrogen and oxygen atoms in total. The molecule has 1 aliphatic rings. The Bertz CT molecular complexity index is 1280. The molecule has 1 aromatic heterocycles. The minimum atomic E-state index is -1.93. The first kappa shape index (κ1) is 23.3. The fraction of sp³-hybridized carbons (Fsp3) is 0.273. The Morgan fingerprint density at radius 2 is 1.68 bits per heavy atom. The van der Waals surface area contributed by atoms with E-state index in [0.717, 1.165) is 19.2 Å². The maximum absolute atomic E-state index is 12.7. The molecule has 3 aromatic rings. The van der Waals surface area contributed by atoms with Gasteiger partial charge in [-0.1, -0.05) is 0 Å². The molecular formula is C22H20O12. The molecule has 2 heterocycles. The predicted octanol–water partition coefficient (Wildman–Crippen LogP) is 0.151. The fourth-order valence-corrected chi connectivity index (χ4v) is 3.59. The van der Waals surface area contributed by atoms with Crippen molar-refractivity contribution in [1.82, 2.24) is 0 Å². The van der Waals surface area contributed by atoms with Gasteiger partial charge >= 0.3 is 5.97 Å². The first-order valence-electron chi connectivity index (χ1n) is 9.88. The van der Waals surface area contributed by atoms with Gasteiger partial charge in [0.25, 0.3) is 0 Å². The van der Waals surface area contributed by atoms with E-state index in [-0.39, 0.29) is 34.0 Å². The summed E-state index contributed by atoms with van der Waals surface area (Å²) in [5.74, 6) is -2.81. The Morgan fingerprint density at radius 3 is 2.29 bits per heavy atom. The van der Waals surface area contributed by atoms with Crippen molar-refractivity contribution >= 4 is 16.9 Å². The predicted molar refractivity (Wildman–Crippen MR) is 113 cm³/mol. The Balaban J connectivity index is 1.80. The van der Waals surface area contributed by atoms with Crippen molar-refractivity contribution in [2.75, 3.05) is 7.11 Å². The highest BCUT2D eigenvalue weighted by atomic mass is 16.7. The molecule has 180 valence electrons. The van der Waals surface area contributed by atoms with Gasteiger partial charge < -0.3 is 49.3 Å². The Kier molecular flexibility index (Phi) is 6.06. The van der Waals surface area contributed by atoms with Crippen molar-refractivity contribution in [3.8, 4) is 34.3 Å². The standard InChI is InChI=1S/C22H20O12/c1-31-19-13(33-22-18(28)16(26)17(27)20(34-22)21(29)30)7-12-14(15(19)25)10(24)6-11(32-12)8-2-4-9(23)5-3-8/h2-7,16-18,20,22-23,25-28H,1H3,(H,29,30). The van der Waals surface area contributed by atoms with E-state index in [2.05, 4.69) is 0 Å². The molecule has 0 spiro atoms. The second-order valence-corrected chi connectivity index (χ2v) is 7.50. The summed E-state index contributed by atoms with van der Waals surface area (Å²) in [4.78, 5) is 24.1. The van der Waals surface area contributed by atoms with Crippen LogP contribution in [0.15, 0.2) is 45.6 Å². The zero-order valence-electron chi connectivity index (χ0n) is 17.5. The molecule has 0 bridgehead atoms. The minimum Gasteiger partial charge on any atom is -0.508 e. The van der Waals surface area contributed by atoms with Gasteiger partial charge in [0.1, 0.15) is 40.8 Å². The topological polar surface area (TPSA) is 196 Å². The minimum absolute atomic E-state index is 0.00274. The lowest BCUT2D eigenvalue weighted by atomic mass is 9.99. The number of rotatable bonds is 5. The number of ether oxygens (including phenoxy) is 3. The van der Waals surface area contributed by atoms with E-state index in [1.165, 1.54) is 24.3 Å². The largest absolute Gasteiger partial charge is 0.508 e. The number of aliphatic hydroxyl groups is 3. The average Bonchev–Trinajstić information content (AvgIpc) is 2.79. The van der Waals surface area contributed by atoms with Crippen LogP contribution < -0.4 is 14.9 Å². The fourth-order valence-electron chi connectivity index (χ4n) is 3.59. The van der Waals surface area contributed by atoms with Gasteiger partial charge in [-0.25, -0.2) is 4.79 Å². The summed E-state index contributed by atoms with van der Waals surface area (Å²) in [5, 5.41) is 59.1. The molecule has 5 unspecified atom stereocenters. The van der Waals surface area contributed by atoms with Gasteiger partial charge in [-0.15, -0.1) is 0 Å². The molecule has 5 atom stereocenters. The average molecular weight is 476 g/mol. The summed E-state index contributed by atoms with van der Waals surface area (Å²) in [6.45, 7) is 0. The van der Waals surface area contributed by atoms with Crippen LogP contribution in [0, 0.1) is 0 Å². The van der Waals surface area contributed by atoms with E-state index >= 15 is 0 Å². The highest BCUT2D eigenvalue weighted by Crippen LogP contribution is 2.43. The summed E-state index contributed by atoms with van der Waals surface area (Å²) >= 11 is 0. The highest BCUT2D eigenvalue weighted by molar-refractivity contribution is 5.89. The molecular weight excluding hydrogens is 456 g/mol. The van der Waals surface area contributed by atoms with E-state index < -0.39 is 47.9 Å². The summed E-state index contributed by atoms with van der Waals surface area (Å²) in [7, 11) is 1.16. The van der Waals surface area contributed by atoms with Crippen LogP contribution in [0.3, 0.4) is 0 Å². The molecule has 0 radical (unpaired) electrons. The number of benzene rings is 2. The number of carbonyl (C=O) groups is 1. The zero-order chi connectivity index (χ0) is 24.7. The van der Waals surface area contributed by atoms with E-state index in [1.54, 1.807) is 0 Å². The monoisotopic (exact) mass is 476 g/mol. The number of carboxylic acids is 1. The van der Waals surface area contributed by atoms with Crippen LogP contribution in [0.5, 0.6) is 23.0 Å². The van der Waals surface area contributed by atoms with Crippen LogP contribution in [0.1, 0.15) is 0 Å². The van der Waals surface area contributed by atoms with E-state index in [1.807, 2.05) is 0 Å². The summed E-state index contributed by atoms with van der Waals surface area (Å²) in [5.41, 5.74) is -0.323. The molecule has 1 fully saturated rings. The molecule has 12 heteroatoms. The Hall–Kier alpha value is -3.84. The molecule has 6 N–H and O–H groups in total. The van der Waals surface area contributed by atoms with Crippen LogP contribution in [0.4, 0.5) is 0 Å². The van der Waals surface area contributed by atoms with E-state index in [9.17, 15) is 40.2 Å². The smallest absolute Gasteiger partial charge is 0.335 e. The van der Waals surface area contributed by atoms with Gasteiger partial charge in [0, 0.05) is 17.7 Å². The van der Waals surface area contributed by atoms with Gasteiger partial charge in [-0.2, -0.15) is 0 Å². The number of fused-ring (bicyclic) bond motifs is 1. The first-order valence-corrected chi connectivity index (χ1v) is 9.88. The number of phenols is 2. The number of methoxy groups -OCH3 is 1. The van der Waals surface area contributed by atoms with Crippen molar-refractivity contribution in [2.45, 2.75) is 30.7 Å². The van der Waals surface area contributed by atoms with Crippen molar-refractivity contribution < 1.29 is 54.1 Å². The van der Waals surface area contributed by atoms with Gasteiger partial charge in [-0.3, -0.25) is 4.79 Å². The normalized spacial score (nSPS) is 24.6. The van der Waals surface area contributed by atoms with Crippen molar-refractivity contribution in [3.63, 3.8) is 0 Å². The molecule has 1 aliphatic heterocycles. The van der Waals surface area contributed by atoms with Gasteiger partial charge in [0.2, 0.25) is 12.0 Å². The van der Waals surface area contributed by atoms with Crippen LogP contribution in [-0.2, 0) is 9.53 Å². The van der Waals surface area contributed by atoms with Crippen LogP contribution in [0.25, 0.3) is 22.3 Å². The van der Waals surface area contributed by atoms with Gasteiger partial charge in [0.05, 0.1) is 7.11 Å². The lowest BCUT2D eigenvalue weighted by molar-refractivity contribution is -0.271. The number of hydrogen-bond acceptors (Lipinski definition) is 11. The molecule has 0 amide bonds.